The fourth-order valence-corrected chi connectivity index (χ4v) is 1.58. The number of aryl methyl sites for hydroxylation is 1. The zero-order valence-electron chi connectivity index (χ0n) is 5.36. The molecule has 0 heterocycles. The lowest BCUT2D eigenvalue weighted by Gasteiger charge is -2.01. The zero-order chi connectivity index (χ0) is 7.72. The molecule has 0 atom stereocenters. The Morgan fingerprint density at radius 1 is 1.50 bits per heavy atom. The number of hydrogen-bond donors (Lipinski definition) is 1. The van der Waals surface area contributed by atoms with Crippen LogP contribution in [0.2, 0.25) is 0 Å². The number of phenols is 1. The Morgan fingerprint density at radius 3 is 2.60 bits per heavy atom. The molecule has 10 heavy (non-hydrogen) atoms. The van der Waals surface area contributed by atoms with Gasteiger partial charge in [-0.05, 0) is 57.1 Å². The van der Waals surface area contributed by atoms with Gasteiger partial charge in [0.1, 0.15) is 5.75 Å². The molecule has 0 aliphatic rings. The molecule has 1 N–H and O–H groups in total. The van der Waals surface area contributed by atoms with Gasteiger partial charge in [-0.25, -0.2) is 0 Å². The van der Waals surface area contributed by atoms with Crippen LogP contribution in [0.15, 0.2) is 16.6 Å². The minimum Gasteiger partial charge on any atom is -0.507 e. The maximum atomic E-state index is 9.19. The van der Waals surface area contributed by atoms with E-state index < -0.39 is 0 Å². The largest absolute Gasteiger partial charge is 0.507 e. The van der Waals surface area contributed by atoms with Crippen molar-refractivity contribution in [2.45, 2.75) is 6.92 Å². The van der Waals surface area contributed by atoms with Crippen molar-refractivity contribution in [2.24, 2.45) is 0 Å². The summed E-state index contributed by atoms with van der Waals surface area (Å²) in [6, 6.07) is 3.57. The van der Waals surface area contributed by atoms with Crippen molar-refractivity contribution in [1.82, 2.24) is 0 Å². The molecule has 0 aliphatic carbocycles. The number of halogens is 2. The van der Waals surface area contributed by atoms with Crippen LogP contribution < -0.4 is 0 Å². The molecule has 1 aromatic carbocycles. The summed E-state index contributed by atoms with van der Waals surface area (Å²) in [5.74, 6) is 0.332. The zero-order valence-corrected chi connectivity index (χ0v) is 9.10. The minimum absolute atomic E-state index is 0.332. The van der Waals surface area contributed by atoms with E-state index in [1.807, 2.05) is 13.0 Å². The predicted molar refractivity (Wildman–Crippen MR) is 53.3 cm³/mol. The SMILES string of the molecule is Cc1ccc(O)c(I)c1Br. The Morgan fingerprint density at radius 2 is 2.10 bits per heavy atom. The average molecular weight is 313 g/mol. The molecule has 0 amide bonds. The van der Waals surface area contributed by atoms with Gasteiger partial charge in [0, 0.05) is 4.47 Å². The number of benzene rings is 1. The number of phenolic OH excluding ortho intramolecular Hbond substituents is 1. The summed E-state index contributed by atoms with van der Waals surface area (Å²) >= 11 is 5.46. The van der Waals surface area contributed by atoms with Crippen LogP contribution >= 0.6 is 38.5 Å². The van der Waals surface area contributed by atoms with Crippen LogP contribution in [-0.2, 0) is 0 Å². The Labute approximate surface area is 81.7 Å². The van der Waals surface area contributed by atoms with E-state index in [0.29, 0.717) is 5.75 Å². The topological polar surface area (TPSA) is 20.2 Å². The quantitative estimate of drug-likeness (QED) is 0.730. The first-order valence-electron chi connectivity index (χ1n) is 2.76. The highest BCUT2D eigenvalue weighted by molar-refractivity contribution is 14.1. The second-order valence-electron chi connectivity index (χ2n) is 2.03. The molecule has 0 aliphatic heterocycles. The van der Waals surface area contributed by atoms with Crippen LogP contribution in [0.5, 0.6) is 5.75 Å². The summed E-state index contributed by atoms with van der Waals surface area (Å²) < 4.78 is 1.85. The van der Waals surface area contributed by atoms with Gasteiger partial charge in [-0.2, -0.15) is 0 Å². The molecule has 0 aromatic heterocycles. The van der Waals surface area contributed by atoms with Crippen LogP contribution in [0.1, 0.15) is 5.56 Å². The van der Waals surface area contributed by atoms with Gasteiger partial charge in [0.15, 0.2) is 0 Å². The normalized spacial score (nSPS) is 9.90. The average Bonchev–Trinajstić information content (AvgIpc) is 1.93. The molecule has 0 radical (unpaired) electrons. The van der Waals surface area contributed by atoms with Gasteiger partial charge >= 0.3 is 0 Å². The van der Waals surface area contributed by atoms with Crippen LogP contribution in [0.3, 0.4) is 0 Å². The van der Waals surface area contributed by atoms with E-state index in [1.165, 1.54) is 0 Å². The van der Waals surface area contributed by atoms with Gasteiger partial charge in [0.2, 0.25) is 0 Å². The molecule has 0 unspecified atom stereocenters. The van der Waals surface area contributed by atoms with Gasteiger partial charge in [-0.3, -0.25) is 0 Å². The highest BCUT2D eigenvalue weighted by Crippen LogP contribution is 2.29. The molecule has 0 bridgehead atoms. The van der Waals surface area contributed by atoms with Gasteiger partial charge in [0.25, 0.3) is 0 Å². The molecule has 0 saturated heterocycles. The van der Waals surface area contributed by atoms with Crippen LogP contribution in [0.4, 0.5) is 0 Å². The Hall–Kier alpha value is 0.230. The second kappa shape index (κ2) is 3.09. The summed E-state index contributed by atoms with van der Waals surface area (Å²) in [5, 5.41) is 9.19. The first-order valence-corrected chi connectivity index (χ1v) is 4.63. The van der Waals surface area contributed by atoms with Gasteiger partial charge < -0.3 is 5.11 Å². The molecule has 0 saturated carbocycles. The maximum Gasteiger partial charge on any atom is 0.130 e. The van der Waals surface area contributed by atoms with E-state index in [1.54, 1.807) is 6.07 Å². The fraction of sp³-hybridized carbons (Fsp3) is 0.143. The smallest absolute Gasteiger partial charge is 0.130 e. The van der Waals surface area contributed by atoms with Crippen LogP contribution in [0.25, 0.3) is 0 Å². The van der Waals surface area contributed by atoms with E-state index in [2.05, 4.69) is 38.5 Å². The lowest BCUT2D eigenvalue weighted by molar-refractivity contribution is 0.471. The van der Waals surface area contributed by atoms with Crippen molar-refractivity contribution in [3.05, 3.63) is 25.7 Å². The first kappa shape index (κ1) is 8.33. The third-order valence-corrected chi connectivity index (χ3v) is 4.11. The first-order chi connectivity index (χ1) is 4.63. The van der Waals surface area contributed by atoms with Crippen molar-refractivity contribution in [1.29, 1.82) is 0 Å². The fourth-order valence-electron chi connectivity index (χ4n) is 0.636. The van der Waals surface area contributed by atoms with E-state index in [9.17, 15) is 5.11 Å². The molecule has 1 nitrogen and oxygen atoms in total. The highest BCUT2D eigenvalue weighted by atomic mass is 127. The van der Waals surface area contributed by atoms with Gasteiger partial charge in [0.05, 0.1) is 3.57 Å². The molecule has 1 rings (SSSR count). The molecule has 3 heteroatoms. The van der Waals surface area contributed by atoms with Crippen molar-refractivity contribution in [2.75, 3.05) is 0 Å². The number of rotatable bonds is 0. The van der Waals surface area contributed by atoms with Gasteiger partial charge in [-0.15, -0.1) is 0 Å². The molecule has 0 spiro atoms. The van der Waals surface area contributed by atoms with E-state index >= 15 is 0 Å². The molecular weight excluding hydrogens is 307 g/mol. The number of aromatic hydroxyl groups is 1. The summed E-state index contributed by atoms with van der Waals surface area (Å²) in [6.07, 6.45) is 0. The van der Waals surface area contributed by atoms with Crippen molar-refractivity contribution in [3.63, 3.8) is 0 Å². The maximum absolute atomic E-state index is 9.19. The summed E-state index contributed by atoms with van der Waals surface area (Å²) in [5.41, 5.74) is 1.14. The molecule has 1 aromatic rings. The third kappa shape index (κ3) is 1.45. The van der Waals surface area contributed by atoms with Crippen molar-refractivity contribution >= 4 is 38.5 Å². The summed E-state index contributed by atoms with van der Waals surface area (Å²) in [7, 11) is 0. The van der Waals surface area contributed by atoms with Gasteiger partial charge in [-0.1, -0.05) is 6.07 Å². The Bertz CT molecular complexity index is 233. The Balaban J connectivity index is 3.34. The highest BCUT2D eigenvalue weighted by Gasteiger charge is 2.03. The molecule has 0 fully saturated rings. The lowest BCUT2D eigenvalue weighted by atomic mass is 10.2. The van der Waals surface area contributed by atoms with E-state index in [4.69, 9.17) is 0 Å². The summed E-state index contributed by atoms with van der Waals surface area (Å²) in [6.45, 7) is 1.99. The minimum atomic E-state index is 0.332. The van der Waals surface area contributed by atoms with Crippen molar-refractivity contribution in [3.8, 4) is 5.75 Å². The van der Waals surface area contributed by atoms with Crippen LogP contribution in [0, 0.1) is 10.5 Å². The number of hydrogen-bond acceptors (Lipinski definition) is 1. The molecule has 54 valence electrons. The lowest BCUT2D eigenvalue weighted by Crippen LogP contribution is -1.80. The second-order valence-corrected chi connectivity index (χ2v) is 3.90. The summed E-state index contributed by atoms with van der Waals surface area (Å²) in [4.78, 5) is 0. The molecular formula is C7H6BrIO. The van der Waals surface area contributed by atoms with Crippen LogP contribution in [-0.4, -0.2) is 5.11 Å². The Kier molecular flexibility index (Phi) is 2.57. The monoisotopic (exact) mass is 312 g/mol. The predicted octanol–water partition coefficient (Wildman–Crippen LogP) is 3.07. The van der Waals surface area contributed by atoms with Crippen molar-refractivity contribution < 1.29 is 5.11 Å². The standard InChI is InChI=1S/C7H6BrIO/c1-4-2-3-5(10)7(9)6(4)8/h2-3,10H,1H3. The third-order valence-electron chi connectivity index (χ3n) is 1.26. The van der Waals surface area contributed by atoms with E-state index in [-0.39, 0.29) is 0 Å². The van der Waals surface area contributed by atoms with E-state index in [0.717, 1.165) is 13.6 Å².